The Kier molecular flexibility index (Phi) is 6.47. The van der Waals surface area contributed by atoms with Gasteiger partial charge >= 0.3 is 0 Å². The Balaban J connectivity index is 1.39. The number of aliphatic hydroxyl groups excluding tert-OH is 1. The Hall–Kier alpha value is -0.980. The maximum absolute atomic E-state index is 9.24. The van der Waals surface area contributed by atoms with Crippen molar-refractivity contribution in [1.29, 1.82) is 0 Å². The molecule has 0 amide bonds. The molecule has 3 heterocycles. The van der Waals surface area contributed by atoms with Crippen LogP contribution in [0.5, 0.6) is 0 Å². The molecule has 0 bridgehead atoms. The van der Waals surface area contributed by atoms with Crippen molar-refractivity contribution in [1.82, 2.24) is 24.6 Å². The molecular weight excluding hydrogens is 314 g/mol. The Morgan fingerprint density at radius 1 is 0.960 bits per heavy atom. The first-order valence-corrected chi connectivity index (χ1v) is 10.0. The lowest BCUT2D eigenvalue weighted by Gasteiger charge is -2.38. The highest BCUT2D eigenvalue weighted by Crippen LogP contribution is 2.25. The van der Waals surface area contributed by atoms with Gasteiger partial charge in [0.2, 0.25) is 0 Å². The Morgan fingerprint density at radius 2 is 1.56 bits per heavy atom. The van der Waals surface area contributed by atoms with Crippen LogP contribution >= 0.6 is 0 Å². The number of aliphatic hydroxyl groups is 1. The zero-order valence-electron chi connectivity index (χ0n) is 16.2. The van der Waals surface area contributed by atoms with Crippen molar-refractivity contribution >= 4 is 0 Å². The van der Waals surface area contributed by atoms with Gasteiger partial charge in [0.05, 0.1) is 0 Å². The highest BCUT2D eigenvalue weighted by Gasteiger charge is 2.26. The molecule has 0 radical (unpaired) electrons. The zero-order valence-corrected chi connectivity index (χ0v) is 16.2. The molecule has 0 unspecified atom stereocenters. The molecule has 6 heteroatoms. The van der Waals surface area contributed by atoms with Gasteiger partial charge < -0.3 is 19.5 Å². The molecule has 2 aliphatic rings. The molecular formula is C19H35N5O. The number of rotatable bonds is 6. The third kappa shape index (κ3) is 4.80. The van der Waals surface area contributed by atoms with Crippen LogP contribution in [0.1, 0.15) is 51.2 Å². The Bertz CT molecular complexity index is 528. The molecule has 0 atom stereocenters. The van der Waals surface area contributed by atoms with E-state index in [1.54, 1.807) is 0 Å². The molecule has 25 heavy (non-hydrogen) atoms. The van der Waals surface area contributed by atoms with E-state index in [-0.39, 0.29) is 6.61 Å². The van der Waals surface area contributed by atoms with Crippen molar-refractivity contribution in [2.24, 2.45) is 18.9 Å². The normalized spacial score (nSPS) is 22.1. The minimum Gasteiger partial charge on any atom is -0.388 e. The molecule has 2 fully saturated rings. The standard InChI is InChI=1S/C19H35N5O/c1-15(2)24-10-6-17(7-11-24)13-23-8-4-16(5-9-23)12-18-20-21-19(14-25)22(18)3/h15-17,25H,4-14H2,1-3H3. The van der Waals surface area contributed by atoms with Crippen molar-refractivity contribution in [2.75, 3.05) is 32.7 Å². The van der Waals surface area contributed by atoms with Crippen molar-refractivity contribution in [2.45, 2.75) is 58.6 Å². The number of aromatic nitrogens is 3. The number of likely N-dealkylation sites (tertiary alicyclic amines) is 2. The van der Waals surface area contributed by atoms with Gasteiger partial charge in [-0.1, -0.05) is 0 Å². The summed E-state index contributed by atoms with van der Waals surface area (Å²) in [6.07, 6.45) is 6.23. The Labute approximate surface area is 152 Å². The molecule has 0 saturated carbocycles. The number of hydrogen-bond donors (Lipinski definition) is 1. The van der Waals surface area contributed by atoms with Crippen LogP contribution in [-0.4, -0.2) is 68.4 Å². The zero-order chi connectivity index (χ0) is 17.8. The third-order valence-corrected chi connectivity index (χ3v) is 6.27. The summed E-state index contributed by atoms with van der Waals surface area (Å²) < 4.78 is 1.95. The summed E-state index contributed by atoms with van der Waals surface area (Å²) in [5, 5.41) is 17.5. The molecule has 142 valence electrons. The van der Waals surface area contributed by atoms with E-state index in [0.717, 1.165) is 18.2 Å². The molecule has 0 spiro atoms. The maximum Gasteiger partial charge on any atom is 0.158 e. The second-order valence-electron chi connectivity index (χ2n) is 8.27. The van der Waals surface area contributed by atoms with Crippen LogP contribution in [0.3, 0.4) is 0 Å². The average molecular weight is 350 g/mol. The predicted molar refractivity (Wildman–Crippen MR) is 99.2 cm³/mol. The van der Waals surface area contributed by atoms with Crippen molar-refractivity contribution in [3.63, 3.8) is 0 Å². The van der Waals surface area contributed by atoms with Gasteiger partial charge in [-0.2, -0.15) is 0 Å². The fourth-order valence-electron chi connectivity index (χ4n) is 4.36. The van der Waals surface area contributed by atoms with Crippen LogP contribution in [0.2, 0.25) is 0 Å². The van der Waals surface area contributed by atoms with E-state index in [4.69, 9.17) is 0 Å². The predicted octanol–water partition coefficient (Wildman–Crippen LogP) is 1.68. The van der Waals surface area contributed by atoms with E-state index < -0.39 is 0 Å². The number of nitrogens with zero attached hydrogens (tertiary/aromatic N) is 5. The van der Waals surface area contributed by atoms with Crippen LogP contribution < -0.4 is 0 Å². The van der Waals surface area contributed by atoms with Crippen LogP contribution in [0.4, 0.5) is 0 Å². The summed E-state index contributed by atoms with van der Waals surface area (Å²) in [5.74, 6) is 3.27. The minimum absolute atomic E-state index is 0.0302. The lowest BCUT2D eigenvalue weighted by atomic mass is 9.90. The summed E-state index contributed by atoms with van der Waals surface area (Å²) in [7, 11) is 1.96. The van der Waals surface area contributed by atoms with Gasteiger partial charge in [-0.3, -0.25) is 0 Å². The number of piperidine rings is 2. The molecule has 0 aliphatic carbocycles. The van der Waals surface area contributed by atoms with Gasteiger partial charge in [-0.05, 0) is 77.5 Å². The maximum atomic E-state index is 9.24. The first-order chi connectivity index (χ1) is 12.1. The van der Waals surface area contributed by atoms with Gasteiger partial charge in [0, 0.05) is 26.1 Å². The largest absolute Gasteiger partial charge is 0.388 e. The van der Waals surface area contributed by atoms with Gasteiger partial charge in [-0.25, -0.2) is 0 Å². The molecule has 1 aromatic rings. The Morgan fingerprint density at radius 3 is 2.12 bits per heavy atom. The molecule has 0 aromatic carbocycles. The lowest BCUT2D eigenvalue weighted by molar-refractivity contribution is 0.104. The molecule has 2 saturated heterocycles. The number of hydrogen-bond acceptors (Lipinski definition) is 5. The fourth-order valence-corrected chi connectivity index (χ4v) is 4.36. The van der Waals surface area contributed by atoms with Crippen molar-refractivity contribution in [3.05, 3.63) is 11.6 Å². The topological polar surface area (TPSA) is 57.4 Å². The van der Waals surface area contributed by atoms with E-state index >= 15 is 0 Å². The summed E-state index contributed by atoms with van der Waals surface area (Å²) in [5.41, 5.74) is 0. The van der Waals surface area contributed by atoms with Crippen molar-refractivity contribution < 1.29 is 5.11 Å². The monoisotopic (exact) mass is 349 g/mol. The lowest BCUT2D eigenvalue weighted by Crippen LogP contribution is -2.43. The molecule has 2 aliphatic heterocycles. The molecule has 3 rings (SSSR count). The van der Waals surface area contributed by atoms with Gasteiger partial charge in [0.15, 0.2) is 5.82 Å². The van der Waals surface area contributed by atoms with Crippen LogP contribution in [-0.2, 0) is 20.1 Å². The molecule has 1 aromatic heterocycles. The highest BCUT2D eigenvalue weighted by atomic mass is 16.3. The minimum atomic E-state index is -0.0302. The first kappa shape index (κ1) is 18.8. The summed E-state index contributed by atoms with van der Waals surface area (Å²) in [6, 6.07) is 0.698. The highest BCUT2D eigenvalue weighted by molar-refractivity contribution is 4.96. The van der Waals surface area contributed by atoms with Crippen LogP contribution in [0.25, 0.3) is 0 Å². The summed E-state index contributed by atoms with van der Waals surface area (Å²) >= 11 is 0. The smallest absolute Gasteiger partial charge is 0.158 e. The second kappa shape index (κ2) is 8.60. The average Bonchev–Trinajstić information content (AvgIpc) is 2.97. The molecule has 6 nitrogen and oxygen atoms in total. The van der Waals surface area contributed by atoms with E-state index in [1.165, 1.54) is 58.4 Å². The van der Waals surface area contributed by atoms with Crippen LogP contribution in [0, 0.1) is 11.8 Å². The SMILES string of the molecule is CC(C)N1CCC(CN2CCC(Cc3nnc(CO)n3C)CC2)CC1. The van der Waals surface area contributed by atoms with E-state index in [9.17, 15) is 5.11 Å². The third-order valence-electron chi connectivity index (χ3n) is 6.27. The van der Waals surface area contributed by atoms with E-state index in [2.05, 4.69) is 33.8 Å². The van der Waals surface area contributed by atoms with E-state index in [1.807, 2.05) is 11.6 Å². The van der Waals surface area contributed by atoms with Gasteiger partial charge in [0.25, 0.3) is 0 Å². The second-order valence-corrected chi connectivity index (χ2v) is 8.27. The van der Waals surface area contributed by atoms with Gasteiger partial charge in [0.1, 0.15) is 12.4 Å². The van der Waals surface area contributed by atoms with Gasteiger partial charge in [-0.15, -0.1) is 10.2 Å². The summed E-state index contributed by atoms with van der Waals surface area (Å²) in [4.78, 5) is 5.30. The first-order valence-electron chi connectivity index (χ1n) is 10.0. The van der Waals surface area contributed by atoms with E-state index in [0.29, 0.717) is 17.8 Å². The fraction of sp³-hybridized carbons (Fsp3) is 0.895. The van der Waals surface area contributed by atoms with Crippen molar-refractivity contribution in [3.8, 4) is 0 Å². The quantitative estimate of drug-likeness (QED) is 0.847. The summed E-state index contributed by atoms with van der Waals surface area (Å²) in [6.45, 7) is 10.9. The van der Waals surface area contributed by atoms with Crippen LogP contribution in [0.15, 0.2) is 0 Å². The molecule has 1 N–H and O–H groups in total.